The van der Waals surface area contributed by atoms with Crippen molar-refractivity contribution in [1.29, 1.82) is 0 Å². The number of amides is 1. The van der Waals surface area contributed by atoms with Crippen molar-refractivity contribution in [3.8, 4) is 0 Å². The van der Waals surface area contributed by atoms with Crippen LogP contribution in [0.4, 0.5) is 5.69 Å². The predicted molar refractivity (Wildman–Crippen MR) is 80.1 cm³/mol. The lowest BCUT2D eigenvalue weighted by molar-refractivity contribution is 0.0695. The number of nitrogens with one attached hydrogen (secondary N) is 1. The van der Waals surface area contributed by atoms with Gasteiger partial charge in [0.15, 0.2) is 0 Å². The Balaban J connectivity index is 2.32. The number of aromatic nitrogens is 1. The summed E-state index contributed by atoms with van der Waals surface area (Å²) in [4.78, 5) is 27.3. The van der Waals surface area contributed by atoms with Crippen molar-refractivity contribution in [2.75, 3.05) is 5.32 Å². The average molecular weight is 305 g/mol. The van der Waals surface area contributed by atoms with Crippen molar-refractivity contribution in [3.63, 3.8) is 0 Å². The largest absolute Gasteiger partial charge is 0.478 e. The quantitative estimate of drug-likeness (QED) is 0.853. The monoisotopic (exact) mass is 304 g/mol. The van der Waals surface area contributed by atoms with Gasteiger partial charge in [0.1, 0.15) is 5.15 Å². The molecule has 2 rings (SSSR count). The van der Waals surface area contributed by atoms with Crippen LogP contribution in [0.25, 0.3) is 0 Å². The third-order valence-corrected chi connectivity index (χ3v) is 3.19. The van der Waals surface area contributed by atoms with Crippen molar-refractivity contribution in [2.24, 2.45) is 0 Å². The molecule has 0 aliphatic carbocycles. The molecular weight excluding hydrogens is 292 g/mol. The van der Waals surface area contributed by atoms with Crippen LogP contribution < -0.4 is 5.32 Å². The SMILES string of the molecule is Cc1cc(C(=O)Nc2cccc(C(=O)O)c2C)cc(Cl)n1. The minimum Gasteiger partial charge on any atom is -0.478 e. The molecule has 0 bridgehead atoms. The lowest BCUT2D eigenvalue weighted by atomic mass is 10.1. The molecule has 1 amide bonds. The number of benzene rings is 1. The summed E-state index contributed by atoms with van der Waals surface area (Å²) < 4.78 is 0. The number of aromatic carboxylic acids is 1. The molecule has 0 atom stereocenters. The zero-order chi connectivity index (χ0) is 15.6. The van der Waals surface area contributed by atoms with E-state index in [1.54, 1.807) is 32.0 Å². The van der Waals surface area contributed by atoms with E-state index in [0.717, 1.165) is 0 Å². The molecule has 5 nitrogen and oxygen atoms in total. The van der Waals surface area contributed by atoms with Gasteiger partial charge in [-0.15, -0.1) is 0 Å². The van der Waals surface area contributed by atoms with E-state index in [-0.39, 0.29) is 16.6 Å². The van der Waals surface area contributed by atoms with Gasteiger partial charge in [-0.1, -0.05) is 17.7 Å². The molecule has 0 aliphatic heterocycles. The second kappa shape index (κ2) is 5.93. The van der Waals surface area contributed by atoms with Crippen molar-refractivity contribution in [1.82, 2.24) is 4.98 Å². The summed E-state index contributed by atoms with van der Waals surface area (Å²) in [7, 11) is 0. The van der Waals surface area contributed by atoms with E-state index >= 15 is 0 Å². The Morgan fingerprint density at radius 3 is 2.57 bits per heavy atom. The molecule has 0 fully saturated rings. The number of nitrogens with zero attached hydrogens (tertiary/aromatic N) is 1. The van der Waals surface area contributed by atoms with Crippen molar-refractivity contribution >= 4 is 29.2 Å². The Kier molecular flexibility index (Phi) is 4.23. The van der Waals surface area contributed by atoms with Gasteiger partial charge in [-0.3, -0.25) is 4.79 Å². The minimum atomic E-state index is -1.04. The smallest absolute Gasteiger partial charge is 0.336 e. The fourth-order valence-corrected chi connectivity index (χ4v) is 2.21. The molecule has 1 aromatic carbocycles. The van der Waals surface area contributed by atoms with Gasteiger partial charge in [0.25, 0.3) is 5.91 Å². The fraction of sp³-hybridized carbons (Fsp3) is 0.133. The van der Waals surface area contributed by atoms with Crippen molar-refractivity contribution in [2.45, 2.75) is 13.8 Å². The molecule has 2 aromatic rings. The number of carboxylic acid groups (broad SMARTS) is 1. The van der Waals surface area contributed by atoms with Crippen LogP contribution in [0.1, 0.15) is 32.0 Å². The molecule has 108 valence electrons. The highest BCUT2D eigenvalue weighted by atomic mass is 35.5. The second-order valence-electron chi connectivity index (χ2n) is 4.56. The number of hydrogen-bond donors (Lipinski definition) is 2. The van der Waals surface area contributed by atoms with Crippen LogP contribution in [-0.4, -0.2) is 22.0 Å². The maximum Gasteiger partial charge on any atom is 0.336 e. The molecule has 0 radical (unpaired) electrons. The standard InChI is InChI=1S/C15H13ClN2O3/c1-8-6-10(7-13(16)17-8)14(19)18-12-5-3-4-11(9(12)2)15(20)21/h3-7H,1-2H3,(H,18,19)(H,20,21). The van der Waals surface area contributed by atoms with Crippen LogP contribution in [-0.2, 0) is 0 Å². The number of hydrogen-bond acceptors (Lipinski definition) is 3. The van der Waals surface area contributed by atoms with E-state index in [9.17, 15) is 9.59 Å². The number of pyridine rings is 1. The first-order valence-electron chi connectivity index (χ1n) is 6.17. The minimum absolute atomic E-state index is 0.150. The van der Waals surface area contributed by atoms with E-state index in [1.165, 1.54) is 12.1 Å². The van der Waals surface area contributed by atoms with Gasteiger partial charge in [-0.05, 0) is 43.7 Å². The number of anilines is 1. The first kappa shape index (κ1) is 15.0. The maximum atomic E-state index is 12.2. The van der Waals surface area contributed by atoms with Gasteiger partial charge >= 0.3 is 5.97 Å². The van der Waals surface area contributed by atoms with E-state index < -0.39 is 5.97 Å². The highest BCUT2D eigenvalue weighted by molar-refractivity contribution is 6.29. The summed E-state index contributed by atoms with van der Waals surface area (Å²) in [5, 5.41) is 12.0. The first-order valence-corrected chi connectivity index (χ1v) is 6.54. The average Bonchev–Trinajstić information content (AvgIpc) is 2.39. The van der Waals surface area contributed by atoms with Gasteiger partial charge in [-0.2, -0.15) is 0 Å². The van der Waals surface area contributed by atoms with Crippen LogP contribution in [0.2, 0.25) is 5.15 Å². The number of halogens is 1. The molecule has 0 saturated heterocycles. The van der Waals surface area contributed by atoms with E-state index in [0.29, 0.717) is 22.5 Å². The molecule has 0 aliphatic rings. The van der Waals surface area contributed by atoms with Crippen LogP contribution in [0, 0.1) is 13.8 Å². The molecule has 0 saturated carbocycles. The van der Waals surface area contributed by atoms with Crippen LogP contribution in [0.15, 0.2) is 30.3 Å². The molecule has 21 heavy (non-hydrogen) atoms. The molecule has 1 aromatic heterocycles. The zero-order valence-corrected chi connectivity index (χ0v) is 12.2. The third kappa shape index (κ3) is 3.38. The van der Waals surface area contributed by atoms with Gasteiger partial charge in [0, 0.05) is 16.9 Å². The summed E-state index contributed by atoms with van der Waals surface area (Å²) in [6.45, 7) is 3.38. The summed E-state index contributed by atoms with van der Waals surface area (Å²) in [5.74, 6) is -1.40. The first-order chi connectivity index (χ1) is 9.88. The Labute approximate surface area is 126 Å². The number of rotatable bonds is 3. The van der Waals surface area contributed by atoms with Crippen molar-refractivity contribution in [3.05, 3.63) is 57.9 Å². The van der Waals surface area contributed by atoms with E-state index in [1.807, 2.05) is 0 Å². The molecule has 1 heterocycles. The molecular formula is C15H13ClN2O3. The van der Waals surface area contributed by atoms with Gasteiger partial charge < -0.3 is 10.4 Å². The number of carboxylic acids is 1. The lowest BCUT2D eigenvalue weighted by Gasteiger charge is -2.11. The van der Waals surface area contributed by atoms with Gasteiger partial charge in [0.2, 0.25) is 0 Å². The molecule has 0 unspecified atom stereocenters. The number of carbonyl (C=O) groups excluding carboxylic acids is 1. The maximum absolute atomic E-state index is 12.2. The fourth-order valence-electron chi connectivity index (χ4n) is 1.96. The highest BCUT2D eigenvalue weighted by Gasteiger charge is 2.13. The predicted octanol–water partition coefficient (Wildman–Crippen LogP) is 3.30. The zero-order valence-electron chi connectivity index (χ0n) is 11.5. The Morgan fingerprint density at radius 1 is 1.24 bits per heavy atom. The normalized spacial score (nSPS) is 10.2. The molecule has 0 spiro atoms. The molecule has 2 N–H and O–H groups in total. The highest BCUT2D eigenvalue weighted by Crippen LogP contribution is 2.20. The summed E-state index contributed by atoms with van der Waals surface area (Å²) in [6.07, 6.45) is 0. The lowest BCUT2D eigenvalue weighted by Crippen LogP contribution is -2.14. The van der Waals surface area contributed by atoms with E-state index in [4.69, 9.17) is 16.7 Å². The third-order valence-electron chi connectivity index (χ3n) is 3.00. The molecule has 6 heteroatoms. The topological polar surface area (TPSA) is 79.3 Å². The van der Waals surface area contributed by atoms with Crippen LogP contribution in [0.5, 0.6) is 0 Å². The Hall–Kier alpha value is -2.40. The van der Waals surface area contributed by atoms with Crippen LogP contribution in [0.3, 0.4) is 0 Å². The van der Waals surface area contributed by atoms with Gasteiger partial charge in [-0.25, -0.2) is 9.78 Å². The van der Waals surface area contributed by atoms with Crippen molar-refractivity contribution < 1.29 is 14.7 Å². The Morgan fingerprint density at radius 2 is 1.95 bits per heavy atom. The van der Waals surface area contributed by atoms with E-state index in [2.05, 4.69) is 10.3 Å². The second-order valence-corrected chi connectivity index (χ2v) is 4.94. The summed E-state index contributed by atoms with van der Waals surface area (Å²) >= 11 is 5.83. The Bertz CT molecular complexity index is 709. The van der Waals surface area contributed by atoms with Crippen LogP contribution >= 0.6 is 11.6 Å². The summed E-state index contributed by atoms with van der Waals surface area (Å²) in [6, 6.07) is 7.78. The van der Waals surface area contributed by atoms with Gasteiger partial charge in [0.05, 0.1) is 5.56 Å². The summed E-state index contributed by atoms with van der Waals surface area (Å²) in [5.41, 5.74) is 2.09. The number of carbonyl (C=O) groups is 2. The number of aryl methyl sites for hydroxylation is 1.